The molecule has 2 aliphatic rings. The van der Waals surface area contributed by atoms with Crippen molar-refractivity contribution in [1.29, 1.82) is 0 Å². The Hall–Kier alpha value is -0.900. The van der Waals surface area contributed by atoms with Gasteiger partial charge in [-0.1, -0.05) is 6.42 Å². The fourth-order valence-electron chi connectivity index (χ4n) is 2.53. The van der Waals surface area contributed by atoms with E-state index in [0.717, 1.165) is 24.2 Å². The molecule has 0 spiro atoms. The highest BCUT2D eigenvalue weighted by molar-refractivity contribution is 5.04. The molecule has 1 aliphatic heterocycles. The Labute approximate surface area is 90.1 Å². The minimum Gasteiger partial charge on any atom is -0.314 e. The van der Waals surface area contributed by atoms with E-state index in [1.165, 1.54) is 32.1 Å². The van der Waals surface area contributed by atoms with E-state index in [1.807, 2.05) is 6.92 Å². The Bertz CT molecular complexity index is 353. The van der Waals surface area contributed by atoms with Gasteiger partial charge >= 0.3 is 0 Å². The van der Waals surface area contributed by atoms with Gasteiger partial charge in [0.1, 0.15) is 11.6 Å². The predicted octanol–water partition coefficient (Wildman–Crippen LogP) is 1.56. The first-order chi connectivity index (χ1) is 7.34. The van der Waals surface area contributed by atoms with Crippen molar-refractivity contribution in [2.24, 2.45) is 0 Å². The summed E-state index contributed by atoms with van der Waals surface area (Å²) < 4.78 is 2.26. The summed E-state index contributed by atoms with van der Waals surface area (Å²) in [5.41, 5.74) is 0. The Morgan fingerprint density at radius 3 is 2.80 bits per heavy atom. The fraction of sp³-hybridized carbons (Fsp3) is 0.818. The molecular formula is C11H18N4. The summed E-state index contributed by atoms with van der Waals surface area (Å²) in [6.45, 7) is 3.14. The van der Waals surface area contributed by atoms with E-state index >= 15 is 0 Å². The Morgan fingerprint density at radius 1 is 1.20 bits per heavy atom. The first kappa shape index (κ1) is 9.33. The molecule has 0 radical (unpaired) electrons. The van der Waals surface area contributed by atoms with Crippen LogP contribution in [-0.4, -0.2) is 20.8 Å². The van der Waals surface area contributed by atoms with Gasteiger partial charge in [-0.15, -0.1) is 10.2 Å². The molecule has 4 nitrogen and oxygen atoms in total. The van der Waals surface area contributed by atoms with Crippen molar-refractivity contribution in [3.8, 4) is 0 Å². The lowest BCUT2D eigenvalue weighted by Gasteiger charge is -2.33. The lowest BCUT2D eigenvalue weighted by atomic mass is 9.91. The van der Waals surface area contributed by atoms with Crippen molar-refractivity contribution in [3.05, 3.63) is 11.6 Å². The van der Waals surface area contributed by atoms with Crippen LogP contribution in [0.25, 0.3) is 0 Å². The Balaban J connectivity index is 1.79. The third-order valence-electron chi connectivity index (χ3n) is 3.69. The number of hydrogen-bond donors (Lipinski definition) is 1. The molecule has 1 fully saturated rings. The molecule has 4 heteroatoms. The second-order valence-corrected chi connectivity index (χ2v) is 4.75. The van der Waals surface area contributed by atoms with Gasteiger partial charge in [0.15, 0.2) is 0 Å². The lowest BCUT2D eigenvalue weighted by Crippen LogP contribution is -2.40. The average Bonchev–Trinajstić information content (AvgIpc) is 2.55. The van der Waals surface area contributed by atoms with Crippen LogP contribution in [0.4, 0.5) is 0 Å². The molecule has 1 N–H and O–H groups in total. The van der Waals surface area contributed by atoms with Crippen molar-refractivity contribution in [3.63, 3.8) is 0 Å². The number of nitrogens with one attached hydrogen (secondary N) is 1. The van der Waals surface area contributed by atoms with E-state index in [-0.39, 0.29) is 0 Å². The van der Waals surface area contributed by atoms with Gasteiger partial charge in [0.2, 0.25) is 0 Å². The number of aryl methyl sites for hydroxylation is 1. The smallest absolute Gasteiger partial charge is 0.150 e. The average molecular weight is 206 g/mol. The van der Waals surface area contributed by atoms with E-state index in [9.17, 15) is 0 Å². The summed E-state index contributed by atoms with van der Waals surface area (Å²) in [5, 5.41) is 12.2. The Morgan fingerprint density at radius 2 is 2.07 bits per heavy atom. The molecule has 82 valence electrons. The lowest BCUT2D eigenvalue weighted by molar-refractivity contribution is 0.271. The van der Waals surface area contributed by atoms with Crippen LogP contribution in [0.15, 0.2) is 0 Å². The van der Waals surface area contributed by atoms with Crippen molar-refractivity contribution in [2.45, 2.75) is 57.7 Å². The van der Waals surface area contributed by atoms with Gasteiger partial charge in [0, 0.05) is 12.6 Å². The van der Waals surface area contributed by atoms with Crippen LogP contribution >= 0.6 is 0 Å². The standard InChI is InChI=1S/C11H18N4/c1-8-13-14-11-10(6-3-7-15(8)11)12-9-4-2-5-9/h9-10,12H,2-7H2,1H3. The maximum atomic E-state index is 4.30. The topological polar surface area (TPSA) is 42.7 Å². The van der Waals surface area contributed by atoms with Crippen molar-refractivity contribution >= 4 is 0 Å². The van der Waals surface area contributed by atoms with Crippen molar-refractivity contribution in [1.82, 2.24) is 20.1 Å². The molecule has 1 saturated carbocycles. The zero-order chi connectivity index (χ0) is 10.3. The van der Waals surface area contributed by atoms with Crippen LogP contribution < -0.4 is 5.32 Å². The summed E-state index contributed by atoms with van der Waals surface area (Å²) in [5.74, 6) is 2.22. The summed E-state index contributed by atoms with van der Waals surface area (Å²) in [7, 11) is 0. The zero-order valence-corrected chi connectivity index (χ0v) is 9.24. The van der Waals surface area contributed by atoms with Gasteiger partial charge in [0.25, 0.3) is 0 Å². The van der Waals surface area contributed by atoms with Gasteiger partial charge in [0.05, 0.1) is 6.04 Å². The summed E-state index contributed by atoms with van der Waals surface area (Å²) in [4.78, 5) is 0. The number of aromatic nitrogens is 3. The monoisotopic (exact) mass is 206 g/mol. The molecular weight excluding hydrogens is 188 g/mol. The summed E-state index contributed by atoms with van der Waals surface area (Å²) in [6.07, 6.45) is 6.52. The van der Waals surface area contributed by atoms with E-state index in [2.05, 4.69) is 20.1 Å². The van der Waals surface area contributed by atoms with Crippen LogP contribution in [0.2, 0.25) is 0 Å². The summed E-state index contributed by atoms with van der Waals surface area (Å²) >= 11 is 0. The maximum absolute atomic E-state index is 4.30. The normalized spacial score (nSPS) is 26.1. The second-order valence-electron chi connectivity index (χ2n) is 4.75. The molecule has 3 rings (SSSR count). The minimum absolute atomic E-state index is 0.449. The molecule has 1 aliphatic carbocycles. The molecule has 15 heavy (non-hydrogen) atoms. The van der Waals surface area contributed by atoms with Crippen LogP contribution in [-0.2, 0) is 6.54 Å². The molecule has 2 heterocycles. The molecule has 1 aromatic heterocycles. The van der Waals surface area contributed by atoms with Crippen molar-refractivity contribution < 1.29 is 0 Å². The highest BCUT2D eigenvalue weighted by Gasteiger charge is 2.28. The quantitative estimate of drug-likeness (QED) is 0.798. The van der Waals surface area contributed by atoms with E-state index in [0.29, 0.717) is 6.04 Å². The number of rotatable bonds is 2. The second kappa shape index (κ2) is 3.59. The van der Waals surface area contributed by atoms with Crippen LogP contribution in [0.1, 0.15) is 49.8 Å². The molecule has 1 atom stereocenters. The number of nitrogens with zero attached hydrogens (tertiary/aromatic N) is 3. The zero-order valence-electron chi connectivity index (χ0n) is 9.24. The van der Waals surface area contributed by atoms with Crippen LogP contribution in [0.5, 0.6) is 0 Å². The third kappa shape index (κ3) is 1.57. The van der Waals surface area contributed by atoms with E-state index in [4.69, 9.17) is 0 Å². The molecule has 0 amide bonds. The van der Waals surface area contributed by atoms with Gasteiger partial charge in [-0.2, -0.15) is 0 Å². The fourth-order valence-corrected chi connectivity index (χ4v) is 2.53. The van der Waals surface area contributed by atoms with Crippen LogP contribution in [0.3, 0.4) is 0 Å². The third-order valence-corrected chi connectivity index (χ3v) is 3.69. The predicted molar refractivity (Wildman–Crippen MR) is 57.5 cm³/mol. The van der Waals surface area contributed by atoms with Gasteiger partial charge in [-0.05, 0) is 32.6 Å². The van der Waals surface area contributed by atoms with Gasteiger partial charge in [-0.25, -0.2) is 0 Å². The molecule has 0 aromatic carbocycles. The number of hydrogen-bond acceptors (Lipinski definition) is 3. The first-order valence-corrected chi connectivity index (χ1v) is 6.00. The SMILES string of the molecule is Cc1nnc2n1CCCC2NC1CCC1. The Kier molecular flexibility index (Phi) is 2.24. The molecule has 1 aromatic rings. The van der Waals surface area contributed by atoms with E-state index < -0.39 is 0 Å². The molecule has 0 saturated heterocycles. The maximum Gasteiger partial charge on any atom is 0.150 e. The van der Waals surface area contributed by atoms with Gasteiger partial charge < -0.3 is 9.88 Å². The van der Waals surface area contributed by atoms with E-state index in [1.54, 1.807) is 0 Å². The summed E-state index contributed by atoms with van der Waals surface area (Å²) in [6, 6.07) is 1.18. The highest BCUT2D eigenvalue weighted by Crippen LogP contribution is 2.28. The number of fused-ring (bicyclic) bond motifs is 1. The van der Waals surface area contributed by atoms with Crippen molar-refractivity contribution in [2.75, 3.05) is 0 Å². The minimum atomic E-state index is 0.449. The first-order valence-electron chi connectivity index (χ1n) is 6.00. The molecule has 0 bridgehead atoms. The molecule has 1 unspecified atom stereocenters. The highest BCUT2D eigenvalue weighted by atomic mass is 15.3. The van der Waals surface area contributed by atoms with Crippen LogP contribution in [0, 0.1) is 6.92 Å². The largest absolute Gasteiger partial charge is 0.314 e. The van der Waals surface area contributed by atoms with Gasteiger partial charge in [-0.3, -0.25) is 0 Å².